The third kappa shape index (κ3) is 5.21. The van der Waals surface area contributed by atoms with Crippen molar-refractivity contribution in [2.24, 2.45) is 0 Å². The molecule has 0 spiro atoms. The molecule has 0 heterocycles. The van der Waals surface area contributed by atoms with Crippen LogP contribution in [0.15, 0.2) is 52.3 Å². The first-order valence-corrected chi connectivity index (χ1v) is 12.0. The van der Waals surface area contributed by atoms with Gasteiger partial charge in [0.1, 0.15) is 4.90 Å². The lowest BCUT2D eigenvalue weighted by molar-refractivity contribution is 0.0583. The molecule has 0 aromatic heterocycles. The van der Waals surface area contributed by atoms with Crippen LogP contribution < -0.4 is 9.44 Å². The van der Waals surface area contributed by atoms with E-state index in [-0.39, 0.29) is 27.8 Å². The zero-order chi connectivity index (χ0) is 22.8. The smallest absolute Gasteiger partial charge is 0.339 e. The number of methoxy groups -OCH3 is 2. The second-order valence-corrected chi connectivity index (χ2v) is 10.1. The van der Waals surface area contributed by atoms with Crippen LogP contribution in [0.25, 0.3) is 0 Å². The summed E-state index contributed by atoms with van der Waals surface area (Å²) in [4.78, 5) is 23.3. The minimum Gasteiger partial charge on any atom is -0.465 e. The fraction of sp³-hybridized carbons (Fsp3) is 0.263. The lowest BCUT2D eigenvalue weighted by Crippen LogP contribution is -2.25. The Hall–Kier alpha value is -2.96. The summed E-state index contributed by atoms with van der Waals surface area (Å²) >= 11 is 0. The topological polar surface area (TPSA) is 145 Å². The van der Waals surface area contributed by atoms with E-state index in [4.69, 9.17) is 0 Å². The van der Waals surface area contributed by atoms with E-state index in [0.717, 1.165) is 39.2 Å². The second kappa shape index (κ2) is 8.65. The third-order valence-electron chi connectivity index (χ3n) is 4.41. The number of ether oxygens (including phenoxy) is 2. The highest BCUT2D eigenvalue weighted by Crippen LogP contribution is 2.25. The quantitative estimate of drug-likeness (QED) is 0.555. The van der Waals surface area contributed by atoms with Crippen LogP contribution in [-0.4, -0.2) is 49.0 Å². The van der Waals surface area contributed by atoms with Crippen molar-refractivity contribution in [3.05, 3.63) is 53.6 Å². The number of benzene rings is 2. The third-order valence-corrected chi connectivity index (χ3v) is 7.37. The largest absolute Gasteiger partial charge is 0.465 e. The SMILES string of the molecule is COC(=O)c1ccc(C(=O)OC)c(S(=O)(=O)Nc2ccc(S(=O)(=O)NC3CC3)cc2)c1. The highest BCUT2D eigenvalue weighted by Gasteiger charge is 2.28. The van der Waals surface area contributed by atoms with E-state index in [1.54, 1.807) is 0 Å². The molecule has 0 amide bonds. The second-order valence-electron chi connectivity index (χ2n) is 6.72. The van der Waals surface area contributed by atoms with E-state index >= 15 is 0 Å². The predicted octanol–water partition coefficient (Wildman–Crippen LogP) is 1.50. The van der Waals surface area contributed by atoms with Crippen molar-refractivity contribution in [2.75, 3.05) is 18.9 Å². The molecule has 1 saturated carbocycles. The first-order valence-electron chi connectivity index (χ1n) is 9.03. The van der Waals surface area contributed by atoms with E-state index in [1.807, 2.05) is 0 Å². The van der Waals surface area contributed by atoms with Crippen molar-refractivity contribution in [3.63, 3.8) is 0 Å². The molecule has 1 fully saturated rings. The standard InChI is InChI=1S/C19H20N2O8S2/c1-28-18(22)12-3-10-16(19(23)29-2)17(11-12)31(26,27)21-14-6-8-15(9-7-14)30(24,25)20-13-4-5-13/h3,6-11,13,20-21H,4-5H2,1-2H3. The predicted molar refractivity (Wildman–Crippen MR) is 110 cm³/mol. The number of carbonyl (C=O) groups excluding carboxylic acids is 2. The van der Waals surface area contributed by atoms with Gasteiger partial charge in [-0.05, 0) is 55.3 Å². The normalized spacial score (nSPS) is 14.0. The number of rotatable bonds is 8. The molecule has 0 aliphatic heterocycles. The van der Waals surface area contributed by atoms with Crippen LogP contribution in [0, 0.1) is 0 Å². The Bertz CT molecular complexity index is 1220. The Labute approximate surface area is 179 Å². The van der Waals surface area contributed by atoms with Crippen LogP contribution >= 0.6 is 0 Å². The Morgan fingerprint density at radius 1 is 0.871 bits per heavy atom. The summed E-state index contributed by atoms with van der Waals surface area (Å²) in [5.74, 6) is -1.70. The Kier molecular flexibility index (Phi) is 6.34. The van der Waals surface area contributed by atoms with Crippen molar-refractivity contribution in [3.8, 4) is 0 Å². The molecule has 0 radical (unpaired) electrons. The summed E-state index contributed by atoms with van der Waals surface area (Å²) in [5.41, 5.74) is -0.303. The molecule has 0 atom stereocenters. The van der Waals surface area contributed by atoms with Crippen molar-refractivity contribution >= 4 is 37.7 Å². The van der Waals surface area contributed by atoms with Crippen LogP contribution in [0.2, 0.25) is 0 Å². The van der Waals surface area contributed by atoms with Gasteiger partial charge in [0, 0.05) is 11.7 Å². The van der Waals surface area contributed by atoms with E-state index in [9.17, 15) is 26.4 Å². The zero-order valence-corrected chi connectivity index (χ0v) is 18.2. The zero-order valence-electron chi connectivity index (χ0n) is 16.6. The van der Waals surface area contributed by atoms with Crippen molar-refractivity contribution in [1.82, 2.24) is 4.72 Å². The molecule has 166 valence electrons. The van der Waals surface area contributed by atoms with Gasteiger partial charge in [-0.25, -0.2) is 31.1 Å². The van der Waals surface area contributed by atoms with Crippen LogP contribution in [0.3, 0.4) is 0 Å². The van der Waals surface area contributed by atoms with Gasteiger partial charge in [0.15, 0.2) is 0 Å². The molecule has 2 aromatic rings. The summed E-state index contributed by atoms with van der Waals surface area (Å²) in [6, 6.07) is 8.39. The lowest BCUT2D eigenvalue weighted by atomic mass is 10.1. The Morgan fingerprint density at radius 3 is 2.03 bits per heavy atom. The molecular weight excluding hydrogens is 448 g/mol. The summed E-state index contributed by atoms with van der Waals surface area (Å²) in [7, 11) is -5.81. The first-order chi connectivity index (χ1) is 14.6. The van der Waals surface area contributed by atoms with Gasteiger partial charge in [-0.15, -0.1) is 0 Å². The van der Waals surface area contributed by atoms with E-state index in [0.29, 0.717) is 0 Å². The van der Waals surface area contributed by atoms with E-state index in [2.05, 4.69) is 18.9 Å². The van der Waals surface area contributed by atoms with Gasteiger partial charge in [-0.3, -0.25) is 4.72 Å². The number of nitrogens with one attached hydrogen (secondary N) is 2. The highest BCUT2D eigenvalue weighted by atomic mass is 32.2. The lowest BCUT2D eigenvalue weighted by Gasteiger charge is -2.13. The Balaban J connectivity index is 1.92. The number of esters is 2. The maximum Gasteiger partial charge on any atom is 0.339 e. The average molecular weight is 469 g/mol. The van der Waals surface area contributed by atoms with E-state index in [1.165, 1.54) is 30.3 Å². The van der Waals surface area contributed by atoms with Crippen LogP contribution in [0.4, 0.5) is 5.69 Å². The molecule has 0 saturated heterocycles. The molecular formula is C19H20N2O8S2. The van der Waals surface area contributed by atoms with Crippen molar-refractivity contribution < 1.29 is 35.9 Å². The number of carbonyl (C=O) groups is 2. The number of hydrogen-bond acceptors (Lipinski definition) is 8. The van der Waals surface area contributed by atoms with Gasteiger partial charge < -0.3 is 9.47 Å². The van der Waals surface area contributed by atoms with Crippen molar-refractivity contribution in [1.29, 1.82) is 0 Å². The maximum absolute atomic E-state index is 12.9. The van der Waals surface area contributed by atoms with E-state index < -0.39 is 36.9 Å². The first kappa shape index (κ1) is 22.7. The minimum atomic E-state index is -4.34. The fourth-order valence-electron chi connectivity index (χ4n) is 2.67. The van der Waals surface area contributed by atoms with Gasteiger partial charge in [0.25, 0.3) is 10.0 Å². The number of anilines is 1. The van der Waals surface area contributed by atoms with Gasteiger partial charge in [-0.1, -0.05) is 0 Å². The molecule has 0 bridgehead atoms. The van der Waals surface area contributed by atoms with Gasteiger partial charge in [-0.2, -0.15) is 0 Å². The molecule has 3 rings (SSSR count). The molecule has 12 heteroatoms. The fourth-order valence-corrected chi connectivity index (χ4v) is 5.25. The average Bonchev–Trinajstić information content (AvgIpc) is 3.55. The minimum absolute atomic E-state index is 0.00899. The molecule has 2 aromatic carbocycles. The Morgan fingerprint density at radius 2 is 1.48 bits per heavy atom. The molecule has 31 heavy (non-hydrogen) atoms. The number of hydrogen-bond donors (Lipinski definition) is 2. The van der Waals surface area contributed by atoms with Crippen LogP contribution in [-0.2, 0) is 29.5 Å². The van der Waals surface area contributed by atoms with Crippen LogP contribution in [0.5, 0.6) is 0 Å². The molecule has 10 nitrogen and oxygen atoms in total. The monoisotopic (exact) mass is 468 g/mol. The summed E-state index contributed by atoms with van der Waals surface area (Å²) in [6.45, 7) is 0. The van der Waals surface area contributed by atoms with Gasteiger partial charge >= 0.3 is 11.9 Å². The molecule has 1 aliphatic rings. The number of sulfonamides is 2. The van der Waals surface area contributed by atoms with Gasteiger partial charge in [0.05, 0.1) is 30.2 Å². The summed E-state index contributed by atoms with van der Waals surface area (Å²) in [5, 5.41) is 0. The van der Waals surface area contributed by atoms with Gasteiger partial charge in [0.2, 0.25) is 10.0 Å². The molecule has 1 aliphatic carbocycles. The molecule has 2 N–H and O–H groups in total. The summed E-state index contributed by atoms with van der Waals surface area (Å²) in [6.07, 6.45) is 1.56. The summed E-state index contributed by atoms with van der Waals surface area (Å²) < 4.78 is 64.4. The maximum atomic E-state index is 12.9. The molecule has 0 unspecified atom stereocenters. The van der Waals surface area contributed by atoms with Crippen LogP contribution in [0.1, 0.15) is 33.6 Å². The highest BCUT2D eigenvalue weighted by molar-refractivity contribution is 7.92. The van der Waals surface area contributed by atoms with Crippen molar-refractivity contribution in [2.45, 2.75) is 28.7 Å².